The minimum absolute atomic E-state index is 0.244. The molecule has 1 aliphatic heterocycles. The molecule has 0 fully saturated rings. The van der Waals surface area contributed by atoms with Gasteiger partial charge in [-0.2, -0.15) is 0 Å². The van der Waals surface area contributed by atoms with Gasteiger partial charge in [-0.25, -0.2) is 8.42 Å². The summed E-state index contributed by atoms with van der Waals surface area (Å²) < 4.78 is 20.5. The lowest BCUT2D eigenvalue weighted by Gasteiger charge is -1.86. The van der Waals surface area contributed by atoms with Gasteiger partial charge in [0.25, 0.3) is 0 Å². The van der Waals surface area contributed by atoms with Crippen LogP contribution in [0.5, 0.6) is 0 Å². The van der Waals surface area contributed by atoms with E-state index in [0.717, 1.165) is 5.75 Å². The monoisotopic (exact) mass is 200 g/mol. The highest BCUT2D eigenvalue weighted by atomic mass is 33.5. The SMILES string of the molecule is O=S=S1C=CCS1=S=O. The van der Waals surface area contributed by atoms with Crippen LogP contribution < -0.4 is 0 Å². The van der Waals surface area contributed by atoms with E-state index in [1.165, 1.54) is 0 Å². The van der Waals surface area contributed by atoms with Crippen molar-refractivity contribution in [3.05, 3.63) is 11.5 Å². The fourth-order valence-corrected chi connectivity index (χ4v) is 7.09. The summed E-state index contributed by atoms with van der Waals surface area (Å²) in [6, 6.07) is 0. The van der Waals surface area contributed by atoms with Crippen LogP contribution in [0.2, 0.25) is 0 Å². The Morgan fingerprint density at radius 2 is 2.11 bits per heavy atom. The van der Waals surface area contributed by atoms with E-state index in [1.54, 1.807) is 0 Å². The largest absolute Gasteiger partial charge is 0.205 e. The summed E-state index contributed by atoms with van der Waals surface area (Å²) in [5.74, 6) is 0.798. The van der Waals surface area contributed by atoms with Crippen molar-refractivity contribution in [1.82, 2.24) is 0 Å². The maximum Gasteiger partial charge on any atom is 0.135 e. The zero-order chi connectivity index (χ0) is 6.69. The first kappa shape index (κ1) is 7.59. The highest BCUT2D eigenvalue weighted by Crippen LogP contribution is 2.05. The van der Waals surface area contributed by atoms with Crippen molar-refractivity contribution >= 4 is 37.4 Å². The van der Waals surface area contributed by atoms with Gasteiger partial charge in [0.05, 0.1) is 0 Å². The van der Waals surface area contributed by atoms with E-state index in [0.29, 0.717) is 20.5 Å². The van der Waals surface area contributed by atoms with Gasteiger partial charge in [-0.05, 0) is 22.4 Å². The highest BCUT2D eigenvalue weighted by molar-refractivity contribution is 8.89. The molecule has 0 aromatic carbocycles. The molecule has 1 rings (SSSR count). The molecule has 0 saturated carbocycles. The minimum atomic E-state index is -0.313. The van der Waals surface area contributed by atoms with Crippen molar-refractivity contribution in [2.45, 2.75) is 0 Å². The number of hydrogen-bond donors (Lipinski definition) is 0. The summed E-state index contributed by atoms with van der Waals surface area (Å²) in [6.45, 7) is 0. The number of hydrogen-bond acceptors (Lipinski definition) is 2. The van der Waals surface area contributed by atoms with Crippen molar-refractivity contribution in [2.24, 2.45) is 0 Å². The van der Waals surface area contributed by atoms with Crippen molar-refractivity contribution < 1.29 is 8.42 Å². The molecule has 52 valence electrons. The molecule has 0 aliphatic carbocycles. The van der Waals surface area contributed by atoms with Gasteiger partial charge in [0.2, 0.25) is 0 Å². The molecule has 0 aromatic rings. The van der Waals surface area contributed by atoms with Gasteiger partial charge in [-0.15, -0.1) is 0 Å². The molecule has 6 heteroatoms. The molecule has 1 heterocycles. The van der Waals surface area contributed by atoms with Crippen LogP contribution in [0, 0.1) is 0 Å². The third kappa shape index (κ3) is 1.70. The second-order valence-electron chi connectivity index (χ2n) is 1.24. The van der Waals surface area contributed by atoms with E-state index >= 15 is 0 Å². The van der Waals surface area contributed by atoms with Crippen LogP contribution in [-0.4, -0.2) is 14.2 Å². The molecular weight excluding hydrogens is 196 g/mol. The molecule has 0 bridgehead atoms. The summed E-state index contributed by atoms with van der Waals surface area (Å²) >= 11 is 0. The van der Waals surface area contributed by atoms with Gasteiger partial charge < -0.3 is 0 Å². The van der Waals surface area contributed by atoms with Crippen LogP contribution in [0.15, 0.2) is 11.5 Å². The molecule has 0 saturated heterocycles. The normalized spacial score (nSPS) is 32.4. The molecule has 1 aliphatic rings. The quantitative estimate of drug-likeness (QED) is 0.513. The summed E-state index contributed by atoms with van der Waals surface area (Å²) in [4.78, 5) is 0. The molecule has 0 aromatic heterocycles. The summed E-state index contributed by atoms with van der Waals surface area (Å²) in [7, 11) is 0.562. The third-order valence-electron chi connectivity index (χ3n) is 0.766. The topological polar surface area (TPSA) is 34.1 Å². The summed E-state index contributed by atoms with van der Waals surface area (Å²) in [6.07, 6.45) is 1.92. The first-order valence-electron chi connectivity index (χ1n) is 2.10. The van der Waals surface area contributed by atoms with Gasteiger partial charge in [0.15, 0.2) is 0 Å². The Morgan fingerprint density at radius 3 is 2.56 bits per heavy atom. The maximum atomic E-state index is 10.2. The smallest absolute Gasteiger partial charge is 0.135 e. The van der Waals surface area contributed by atoms with Crippen LogP contribution in [0.3, 0.4) is 0 Å². The van der Waals surface area contributed by atoms with Crippen LogP contribution in [0.25, 0.3) is 0 Å². The molecule has 0 radical (unpaired) electrons. The third-order valence-corrected chi connectivity index (χ3v) is 10.3. The van der Waals surface area contributed by atoms with Crippen LogP contribution in [0.4, 0.5) is 0 Å². The molecule has 0 spiro atoms. The second kappa shape index (κ2) is 3.60. The van der Waals surface area contributed by atoms with Crippen LogP contribution in [-0.2, 0) is 37.4 Å². The van der Waals surface area contributed by atoms with Crippen LogP contribution in [0.1, 0.15) is 0 Å². The van der Waals surface area contributed by atoms with Crippen molar-refractivity contribution in [2.75, 3.05) is 5.75 Å². The lowest BCUT2D eigenvalue weighted by Crippen LogP contribution is -1.90. The van der Waals surface area contributed by atoms with E-state index in [9.17, 15) is 8.42 Å². The first-order valence-corrected chi connectivity index (χ1v) is 7.81. The Morgan fingerprint density at radius 1 is 1.33 bits per heavy atom. The lowest BCUT2D eigenvalue weighted by molar-refractivity contribution is 0.700. The minimum Gasteiger partial charge on any atom is -0.205 e. The van der Waals surface area contributed by atoms with Gasteiger partial charge in [-0.3, -0.25) is 0 Å². The molecule has 0 amide bonds. The van der Waals surface area contributed by atoms with Gasteiger partial charge in [-0.1, -0.05) is 6.08 Å². The predicted molar refractivity (Wildman–Crippen MR) is 45.0 cm³/mol. The van der Waals surface area contributed by atoms with E-state index in [-0.39, 0.29) is 17.0 Å². The van der Waals surface area contributed by atoms with E-state index in [2.05, 4.69) is 0 Å². The van der Waals surface area contributed by atoms with Gasteiger partial charge in [0.1, 0.15) is 20.5 Å². The first-order chi connectivity index (χ1) is 4.38. The van der Waals surface area contributed by atoms with Gasteiger partial charge in [0, 0.05) is 5.75 Å². The van der Waals surface area contributed by atoms with E-state index in [4.69, 9.17) is 0 Å². The van der Waals surface area contributed by atoms with E-state index in [1.807, 2.05) is 11.5 Å². The Hall–Kier alpha value is 0.480. The Bertz CT molecular complexity index is 255. The van der Waals surface area contributed by atoms with Crippen LogP contribution >= 0.6 is 0 Å². The zero-order valence-corrected chi connectivity index (χ0v) is 7.58. The molecule has 9 heavy (non-hydrogen) atoms. The average Bonchev–Trinajstić information content (AvgIpc) is 2.33. The Kier molecular flexibility index (Phi) is 3.03. The number of rotatable bonds is 0. The highest BCUT2D eigenvalue weighted by Gasteiger charge is 2.04. The molecule has 2 nitrogen and oxygen atoms in total. The predicted octanol–water partition coefficient (Wildman–Crippen LogP) is -0.0787. The van der Waals surface area contributed by atoms with E-state index < -0.39 is 0 Å². The standard InChI is InChI=1S/C3H4O2S4/c4-6-8-2-1-3-9(8)7-5/h1-2H,3H2. The molecule has 2 unspecified atom stereocenters. The maximum absolute atomic E-state index is 10.2. The second-order valence-corrected chi connectivity index (χ2v) is 9.90. The Balaban J connectivity index is 3.12. The van der Waals surface area contributed by atoms with Crippen molar-refractivity contribution in [3.63, 3.8) is 0 Å². The van der Waals surface area contributed by atoms with Crippen molar-refractivity contribution in [1.29, 1.82) is 0 Å². The molecular formula is C3H4O2S4. The lowest BCUT2D eigenvalue weighted by atomic mass is 10.8. The zero-order valence-electron chi connectivity index (χ0n) is 4.31. The van der Waals surface area contributed by atoms with Crippen molar-refractivity contribution in [3.8, 4) is 0 Å². The molecule has 2 atom stereocenters. The molecule has 0 N–H and O–H groups in total. The van der Waals surface area contributed by atoms with Gasteiger partial charge >= 0.3 is 0 Å². The fourth-order valence-electron chi connectivity index (χ4n) is 0.434. The fraction of sp³-hybridized carbons (Fsp3) is 0.333. The summed E-state index contributed by atoms with van der Waals surface area (Å²) in [5.41, 5.74) is 0. The average molecular weight is 200 g/mol. The summed E-state index contributed by atoms with van der Waals surface area (Å²) in [5, 5.41) is 1.85. The Labute approximate surface area is 63.1 Å².